The highest BCUT2D eigenvalue weighted by atomic mass is 16.5. The predicted octanol–water partition coefficient (Wildman–Crippen LogP) is 2.21. The summed E-state index contributed by atoms with van der Waals surface area (Å²) in [7, 11) is 0. The average Bonchev–Trinajstić information content (AvgIpc) is 2.35. The normalized spacial score (nSPS) is 19.9. The summed E-state index contributed by atoms with van der Waals surface area (Å²) < 4.78 is 10.9. The van der Waals surface area contributed by atoms with E-state index in [2.05, 4.69) is 19.2 Å². The van der Waals surface area contributed by atoms with E-state index in [9.17, 15) is 0 Å². The van der Waals surface area contributed by atoms with Crippen molar-refractivity contribution in [2.24, 2.45) is 5.92 Å². The van der Waals surface area contributed by atoms with Crippen molar-refractivity contribution in [3.05, 3.63) is 0 Å². The van der Waals surface area contributed by atoms with Gasteiger partial charge < -0.3 is 14.8 Å². The van der Waals surface area contributed by atoms with Gasteiger partial charge in [0, 0.05) is 32.5 Å². The van der Waals surface area contributed by atoms with Gasteiger partial charge >= 0.3 is 0 Å². The quantitative estimate of drug-likeness (QED) is 0.647. The molecule has 1 heterocycles. The Kier molecular flexibility index (Phi) is 7.81. The Balaban J connectivity index is 2.28. The molecule has 3 nitrogen and oxygen atoms in total. The number of hydrogen-bond donors (Lipinski definition) is 1. The number of ether oxygens (including phenoxy) is 2. The van der Waals surface area contributed by atoms with E-state index in [4.69, 9.17) is 9.47 Å². The summed E-state index contributed by atoms with van der Waals surface area (Å²) >= 11 is 0. The van der Waals surface area contributed by atoms with Gasteiger partial charge in [0.05, 0.1) is 0 Å². The molecule has 1 atom stereocenters. The highest BCUT2D eigenvalue weighted by Crippen LogP contribution is 2.20. The Labute approximate surface area is 99.9 Å². The van der Waals surface area contributed by atoms with Gasteiger partial charge in [0.1, 0.15) is 0 Å². The lowest BCUT2D eigenvalue weighted by atomic mass is 9.90. The van der Waals surface area contributed by atoms with Crippen molar-refractivity contribution < 1.29 is 9.47 Å². The van der Waals surface area contributed by atoms with Crippen LogP contribution in [0.1, 0.15) is 39.5 Å². The molecule has 1 unspecified atom stereocenters. The Hall–Kier alpha value is -0.120. The average molecular weight is 229 g/mol. The van der Waals surface area contributed by atoms with E-state index in [1.165, 1.54) is 19.3 Å². The molecule has 0 aromatic carbocycles. The van der Waals surface area contributed by atoms with Gasteiger partial charge in [-0.2, -0.15) is 0 Å². The highest BCUT2D eigenvalue weighted by Gasteiger charge is 2.22. The SMILES string of the molecule is CCCNC(CCOCC)C1CCOCC1. The Morgan fingerprint density at radius 1 is 1.31 bits per heavy atom. The van der Waals surface area contributed by atoms with Crippen molar-refractivity contribution in [3.8, 4) is 0 Å². The molecule has 0 spiro atoms. The minimum Gasteiger partial charge on any atom is -0.382 e. The van der Waals surface area contributed by atoms with Gasteiger partial charge in [0.2, 0.25) is 0 Å². The topological polar surface area (TPSA) is 30.5 Å². The van der Waals surface area contributed by atoms with E-state index < -0.39 is 0 Å². The first-order valence-corrected chi connectivity index (χ1v) is 6.77. The molecule has 0 saturated carbocycles. The number of rotatable bonds is 8. The first-order chi connectivity index (χ1) is 7.88. The summed E-state index contributed by atoms with van der Waals surface area (Å²) in [6.45, 7) is 8.98. The van der Waals surface area contributed by atoms with Crippen LogP contribution in [-0.4, -0.2) is 39.0 Å². The van der Waals surface area contributed by atoms with Crippen molar-refractivity contribution >= 4 is 0 Å². The molecule has 0 amide bonds. The van der Waals surface area contributed by atoms with E-state index in [1.54, 1.807) is 0 Å². The first-order valence-electron chi connectivity index (χ1n) is 6.77. The third-order valence-corrected chi connectivity index (χ3v) is 3.27. The molecule has 1 saturated heterocycles. The third kappa shape index (κ3) is 5.28. The minimum absolute atomic E-state index is 0.621. The van der Waals surface area contributed by atoms with Gasteiger partial charge in [-0.25, -0.2) is 0 Å². The summed E-state index contributed by atoms with van der Waals surface area (Å²) in [6.07, 6.45) is 4.74. The van der Waals surface area contributed by atoms with Crippen molar-refractivity contribution in [2.75, 3.05) is 33.0 Å². The van der Waals surface area contributed by atoms with E-state index in [-0.39, 0.29) is 0 Å². The molecule has 96 valence electrons. The smallest absolute Gasteiger partial charge is 0.0480 e. The third-order valence-electron chi connectivity index (χ3n) is 3.27. The van der Waals surface area contributed by atoms with Crippen molar-refractivity contribution in [2.45, 2.75) is 45.6 Å². The molecule has 1 aliphatic heterocycles. The largest absolute Gasteiger partial charge is 0.382 e. The van der Waals surface area contributed by atoms with Crippen LogP contribution in [0.4, 0.5) is 0 Å². The minimum atomic E-state index is 0.621. The lowest BCUT2D eigenvalue weighted by Gasteiger charge is -2.31. The zero-order chi connectivity index (χ0) is 11.6. The second-order valence-electron chi connectivity index (χ2n) is 4.50. The second kappa shape index (κ2) is 8.97. The van der Waals surface area contributed by atoms with Crippen LogP contribution in [0.5, 0.6) is 0 Å². The Bertz CT molecular complexity index is 158. The van der Waals surface area contributed by atoms with Crippen LogP contribution < -0.4 is 5.32 Å². The molecular formula is C13H27NO2. The van der Waals surface area contributed by atoms with Crippen LogP contribution in [0.25, 0.3) is 0 Å². The lowest BCUT2D eigenvalue weighted by molar-refractivity contribution is 0.0458. The molecule has 1 rings (SSSR count). The number of nitrogens with one attached hydrogen (secondary N) is 1. The number of hydrogen-bond acceptors (Lipinski definition) is 3. The molecule has 0 aromatic heterocycles. The molecular weight excluding hydrogens is 202 g/mol. The van der Waals surface area contributed by atoms with Gasteiger partial charge in [-0.1, -0.05) is 6.92 Å². The van der Waals surface area contributed by atoms with Gasteiger partial charge in [-0.05, 0) is 45.1 Å². The Morgan fingerprint density at radius 3 is 2.69 bits per heavy atom. The summed E-state index contributed by atoms with van der Waals surface area (Å²) in [5.41, 5.74) is 0. The van der Waals surface area contributed by atoms with Crippen LogP contribution in [0.2, 0.25) is 0 Å². The Morgan fingerprint density at radius 2 is 2.06 bits per heavy atom. The van der Waals surface area contributed by atoms with E-state index in [0.717, 1.165) is 45.3 Å². The van der Waals surface area contributed by atoms with Crippen molar-refractivity contribution in [3.63, 3.8) is 0 Å². The zero-order valence-electron chi connectivity index (χ0n) is 10.8. The first kappa shape index (κ1) is 13.9. The van der Waals surface area contributed by atoms with Crippen LogP contribution in [-0.2, 0) is 9.47 Å². The highest BCUT2D eigenvalue weighted by molar-refractivity contribution is 4.78. The molecule has 0 aromatic rings. The van der Waals surface area contributed by atoms with Crippen LogP contribution >= 0.6 is 0 Å². The van der Waals surface area contributed by atoms with E-state index >= 15 is 0 Å². The molecule has 0 radical (unpaired) electrons. The van der Waals surface area contributed by atoms with Gasteiger partial charge in [-0.15, -0.1) is 0 Å². The lowest BCUT2D eigenvalue weighted by Crippen LogP contribution is -2.40. The summed E-state index contributed by atoms with van der Waals surface area (Å²) in [4.78, 5) is 0. The van der Waals surface area contributed by atoms with Gasteiger partial charge in [0.15, 0.2) is 0 Å². The summed E-state index contributed by atoms with van der Waals surface area (Å²) in [5.74, 6) is 0.778. The molecule has 16 heavy (non-hydrogen) atoms. The van der Waals surface area contributed by atoms with Crippen LogP contribution in [0, 0.1) is 5.92 Å². The summed E-state index contributed by atoms with van der Waals surface area (Å²) in [5, 5.41) is 3.66. The fourth-order valence-corrected chi connectivity index (χ4v) is 2.31. The van der Waals surface area contributed by atoms with Crippen molar-refractivity contribution in [1.29, 1.82) is 0 Å². The van der Waals surface area contributed by atoms with E-state index in [0.29, 0.717) is 6.04 Å². The van der Waals surface area contributed by atoms with Gasteiger partial charge in [0.25, 0.3) is 0 Å². The molecule has 1 aliphatic rings. The molecule has 0 aliphatic carbocycles. The van der Waals surface area contributed by atoms with Crippen LogP contribution in [0.3, 0.4) is 0 Å². The van der Waals surface area contributed by atoms with Crippen LogP contribution in [0.15, 0.2) is 0 Å². The maximum absolute atomic E-state index is 5.46. The molecule has 1 fully saturated rings. The fourth-order valence-electron chi connectivity index (χ4n) is 2.31. The maximum Gasteiger partial charge on any atom is 0.0480 e. The summed E-state index contributed by atoms with van der Waals surface area (Å²) in [6, 6.07) is 0.621. The van der Waals surface area contributed by atoms with Crippen molar-refractivity contribution in [1.82, 2.24) is 5.32 Å². The zero-order valence-corrected chi connectivity index (χ0v) is 10.8. The molecule has 0 bridgehead atoms. The van der Waals surface area contributed by atoms with Gasteiger partial charge in [-0.3, -0.25) is 0 Å². The predicted molar refractivity (Wildman–Crippen MR) is 66.7 cm³/mol. The molecule has 1 N–H and O–H groups in total. The maximum atomic E-state index is 5.46. The monoisotopic (exact) mass is 229 g/mol. The fraction of sp³-hybridized carbons (Fsp3) is 1.00. The standard InChI is InChI=1S/C13H27NO2/c1-3-8-14-13(7-11-15-4-2)12-5-9-16-10-6-12/h12-14H,3-11H2,1-2H3. The van der Waals surface area contributed by atoms with E-state index in [1.807, 2.05) is 0 Å². The molecule has 3 heteroatoms. The second-order valence-corrected chi connectivity index (χ2v) is 4.50.